The van der Waals surface area contributed by atoms with Gasteiger partial charge in [-0.1, -0.05) is 30.3 Å². The number of carbonyl (C=O) groups excluding carboxylic acids is 2. The number of amides is 2. The highest BCUT2D eigenvalue weighted by molar-refractivity contribution is 5.89. The van der Waals surface area contributed by atoms with Crippen molar-refractivity contribution in [3.63, 3.8) is 0 Å². The van der Waals surface area contributed by atoms with Gasteiger partial charge in [0.25, 0.3) is 0 Å². The minimum atomic E-state index is -1.18. The molecular formula is C21H28N4O5. The number of aryl methyl sites for hydroxylation is 1. The van der Waals surface area contributed by atoms with Crippen LogP contribution in [0.1, 0.15) is 38.4 Å². The summed E-state index contributed by atoms with van der Waals surface area (Å²) in [7, 11) is 0. The second-order valence-corrected chi connectivity index (χ2v) is 7.90. The fraction of sp³-hybridized carbons (Fsp3) is 0.429. The van der Waals surface area contributed by atoms with Crippen molar-refractivity contribution >= 4 is 18.0 Å². The number of rotatable bonds is 9. The average Bonchev–Trinajstić information content (AvgIpc) is 3.17. The predicted molar refractivity (Wildman–Crippen MR) is 110 cm³/mol. The molecular weight excluding hydrogens is 388 g/mol. The summed E-state index contributed by atoms with van der Waals surface area (Å²) in [6.45, 7) is 5.16. The molecule has 0 fully saturated rings. The van der Waals surface area contributed by atoms with E-state index in [0.29, 0.717) is 12.1 Å². The molecule has 2 aromatic rings. The largest absolute Gasteiger partial charge is 0.480 e. The summed E-state index contributed by atoms with van der Waals surface area (Å²) in [6, 6.07) is 7.37. The lowest BCUT2D eigenvalue weighted by molar-refractivity contribution is -0.142. The van der Waals surface area contributed by atoms with Crippen LogP contribution in [0.15, 0.2) is 42.9 Å². The van der Waals surface area contributed by atoms with E-state index in [1.165, 1.54) is 12.5 Å². The number of imidazole rings is 1. The Morgan fingerprint density at radius 1 is 1.13 bits per heavy atom. The number of nitrogens with one attached hydrogen (secondary N) is 3. The number of carboxylic acids is 1. The van der Waals surface area contributed by atoms with E-state index in [2.05, 4.69) is 20.6 Å². The highest BCUT2D eigenvalue weighted by Crippen LogP contribution is 2.10. The molecule has 0 saturated carbocycles. The van der Waals surface area contributed by atoms with Gasteiger partial charge in [-0.05, 0) is 39.2 Å². The molecule has 30 heavy (non-hydrogen) atoms. The molecule has 0 aliphatic carbocycles. The van der Waals surface area contributed by atoms with Crippen molar-refractivity contribution in [1.82, 2.24) is 20.6 Å². The number of aromatic nitrogens is 2. The summed E-state index contributed by atoms with van der Waals surface area (Å²) >= 11 is 0. The van der Waals surface area contributed by atoms with Crippen molar-refractivity contribution in [2.24, 2.45) is 0 Å². The summed E-state index contributed by atoms with van der Waals surface area (Å²) in [5.41, 5.74) is 0.839. The molecule has 2 atom stereocenters. The third-order valence-corrected chi connectivity index (χ3v) is 4.17. The van der Waals surface area contributed by atoms with Crippen LogP contribution < -0.4 is 10.6 Å². The van der Waals surface area contributed by atoms with Crippen molar-refractivity contribution in [3.8, 4) is 0 Å². The molecule has 1 aromatic heterocycles. The maximum atomic E-state index is 12.8. The topological polar surface area (TPSA) is 133 Å². The molecule has 2 rings (SSSR count). The van der Waals surface area contributed by atoms with E-state index >= 15 is 0 Å². The van der Waals surface area contributed by atoms with Gasteiger partial charge in [0.15, 0.2) is 0 Å². The van der Waals surface area contributed by atoms with Gasteiger partial charge < -0.3 is 25.5 Å². The number of nitrogens with zero attached hydrogens (tertiary/aromatic N) is 1. The zero-order valence-electron chi connectivity index (χ0n) is 17.3. The Labute approximate surface area is 175 Å². The monoisotopic (exact) mass is 416 g/mol. The number of hydrogen-bond donors (Lipinski definition) is 4. The van der Waals surface area contributed by atoms with Gasteiger partial charge in [0.2, 0.25) is 5.91 Å². The number of hydrogen-bond acceptors (Lipinski definition) is 5. The first kappa shape index (κ1) is 22.9. The molecule has 0 aliphatic heterocycles. The number of alkyl carbamates (subject to hydrolysis) is 1. The zero-order valence-corrected chi connectivity index (χ0v) is 17.3. The van der Waals surface area contributed by atoms with Crippen LogP contribution in [-0.4, -0.2) is 50.7 Å². The van der Waals surface area contributed by atoms with Gasteiger partial charge in [-0.3, -0.25) is 4.79 Å². The molecule has 9 heteroatoms. The maximum Gasteiger partial charge on any atom is 0.408 e. The highest BCUT2D eigenvalue weighted by atomic mass is 16.6. The molecule has 0 bridgehead atoms. The first-order valence-corrected chi connectivity index (χ1v) is 9.68. The minimum Gasteiger partial charge on any atom is -0.480 e. The lowest BCUT2D eigenvalue weighted by Gasteiger charge is -2.24. The van der Waals surface area contributed by atoms with Gasteiger partial charge in [-0.2, -0.15) is 0 Å². The van der Waals surface area contributed by atoms with Gasteiger partial charge in [-0.15, -0.1) is 0 Å². The summed E-state index contributed by atoms with van der Waals surface area (Å²) in [5.74, 6) is -1.78. The average molecular weight is 416 g/mol. The van der Waals surface area contributed by atoms with Crippen molar-refractivity contribution < 1.29 is 24.2 Å². The van der Waals surface area contributed by atoms with Gasteiger partial charge in [0.1, 0.15) is 17.7 Å². The molecule has 0 unspecified atom stereocenters. The Hall–Kier alpha value is -3.36. The number of ether oxygens (including phenoxy) is 1. The van der Waals surface area contributed by atoms with E-state index < -0.39 is 35.7 Å². The number of carboxylic acid groups (broad SMARTS) is 1. The fourth-order valence-electron chi connectivity index (χ4n) is 2.76. The van der Waals surface area contributed by atoms with Crippen molar-refractivity contribution in [2.75, 3.05) is 0 Å². The molecule has 0 radical (unpaired) electrons. The van der Waals surface area contributed by atoms with E-state index in [0.717, 1.165) is 5.56 Å². The highest BCUT2D eigenvalue weighted by Gasteiger charge is 2.28. The summed E-state index contributed by atoms with van der Waals surface area (Å²) < 4.78 is 5.25. The SMILES string of the molecule is CC(C)(C)OC(=O)N[C@H](CCc1ccccc1)C(=O)N[C@@H](Cc1cnc[nH]1)C(=O)O. The van der Waals surface area contributed by atoms with Crippen molar-refractivity contribution in [2.45, 2.75) is 57.7 Å². The van der Waals surface area contributed by atoms with Gasteiger partial charge >= 0.3 is 12.1 Å². The number of carbonyl (C=O) groups is 3. The van der Waals surface area contributed by atoms with Crippen LogP contribution in [0.4, 0.5) is 4.79 Å². The van der Waals surface area contributed by atoms with Gasteiger partial charge in [-0.25, -0.2) is 14.6 Å². The van der Waals surface area contributed by atoms with Crippen LogP contribution in [0, 0.1) is 0 Å². The first-order valence-electron chi connectivity index (χ1n) is 9.68. The quantitative estimate of drug-likeness (QED) is 0.494. The Morgan fingerprint density at radius 2 is 1.83 bits per heavy atom. The second kappa shape index (κ2) is 10.4. The smallest absolute Gasteiger partial charge is 0.408 e. The van der Waals surface area contributed by atoms with E-state index in [1.807, 2.05) is 30.3 Å². The summed E-state index contributed by atoms with van der Waals surface area (Å²) in [4.78, 5) is 43.3. The maximum absolute atomic E-state index is 12.8. The zero-order chi connectivity index (χ0) is 22.1. The molecule has 162 valence electrons. The van der Waals surface area contributed by atoms with E-state index in [4.69, 9.17) is 4.74 Å². The van der Waals surface area contributed by atoms with Crippen molar-refractivity contribution in [1.29, 1.82) is 0 Å². The van der Waals surface area contributed by atoms with Crippen LogP contribution in [0.2, 0.25) is 0 Å². The summed E-state index contributed by atoms with van der Waals surface area (Å²) in [5, 5.41) is 14.5. The van der Waals surface area contributed by atoms with E-state index in [9.17, 15) is 19.5 Å². The molecule has 2 amide bonds. The number of H-pyrrole nitrogens is 1. The Balaban J connectivity index is 2.08. The lowest BCUT2D eigenvalue weighted by atomic mass is 10.0. The first-order chi connectivity index (χ1) is 14.1. The molecule has 0 spiro atoms. The molecule has 1 heterocycles. The third-order valence-electron chi connectivity index (χ3n) is 4.17. The normalized spacial score (nSPS) is 13.2. The predicted octanol–water partition coefficient (Wildman–Crippen LogP) is 2.05. The van der Waals surface area contributed by atoms with Crippen LogP contribution in [0.3, 0.4) is 0 Å². The molecule has 9 nitrogen and oxygen atoms in total. The summed E-state index contributed by atoms with van der Waals surface area (Å²) in [6.07, 6.45) is 3.03. The number of benzene rings is 1. The van der Waals surface area contributed by atoms with Crippen LogP contribution in [0.25, 0.3) is 0 Å². The standard InChI is InChI=1S/C21H28N4O5/c1-21(2,3)30-20(29)25-16(10-9-14-7-5-4-6-8-14)18(26)24-17(19(27)28)11-15-12-22-13-23-15/h4-8,12-13,16-17H,9-11H2,1-3H3,(H,22,23)(H,24,26)(H,25,29)(H,27,28)/t16-,17+/m1/s1. The lowest BCUT2D eigenvalue weighted by Crippen LogP contribution is -2.53. The van der Waals surface area contributed by atoms with E-state index in [-0.39, 0.29) is 12.8 Å². The Morgan fingerprint density at radius 3 is 2.40 bits per heavy atom. The van der Waals surface area contributed by atoms with Crippen LogP contribution in [-0.2, 0) is 27.2 Å². The molecule has 0 saturated heterocycles. The number of aliphatic carboxylic acids is 1. The molecule has 1 aromatic carbocycles. The second-order valence-electron chi connectivity index (χ2n) is 7.90. The van der Waals surface area contributed by atoms with E-state index in [1.54, 1.807) is 20.8 Å². The van der Waals surface area contributed by atoms with Gasteiger partial charge in [0.05, 0.1) is 6.33 Å². The Bertz CT molecular complexity index is 831. The van der Waals surface area contributed by atoms with Gasteiger partial charge in [0, 0.05) is 18.3 Å². The Kier molecular flexibility index (Phi) is 7.97. The minimum absolute atomic E-state index is 0.0406. The molecule has 0 aliphatic rings. The third kappa shape index (κ3) is 7.94. The number of aromatic amines is 1. The van der Waals surface area contributed by atoms with Crippen molar-refractivity contribution in [3.05, 3.63) is 54.1 Å². The fourth-order valence-corrected chi connectivity index (χ4v) is 2.76. The van der Waals surface area contributed by atoms with Crippen LogP contribution in [0.5, 0.6) is 0 Å². The van der Waals surface area contributed by atoms with Crippen LogP contribution >= 0.6 is 0 Å². The molecule has 4 N–H and O–H groups in total.